The van der Waals surface area contributed by atoms with Crippen LogP contribution in [0.15, 0.2) is 43.0 Å². The molecule has 2 aromatic heterocycles. The van der Waals surface area contributed by atoms with Crippen molar-refractivity contribution in [3.8, 4) is 17.3 Å². The molecule has 3 heterocycles. The van der Waals surface area contributed by atoms with Crippen molar-refractivity contribution >= 4 is 17.5 Å². The standard InChI is InChI=1S/C21H21ClN6O2/c1-14(25-20(29)19-10-27(13-24-19)11-21(2)12-30-21)9-28-6-5-18(26-28)15-3-4-16(8-23)17(22)7-15/h3-7,10,13-14H,9,11-12H2,1-2H3,(H,25,29)/t14-,21?/m0/s1. The second-order valence-corrected chi connectivity index (χ2v) is 8.18. The van der Waals surface area contributed by atoms with E-state index in [-0.39, 0.29) is 17.6 Å². The number of carbonyl (C=O) groups excluding carboxylic acids is 1. The Kier molecular flexibility index (Phi) is 5.33. The Morgan fingerprint density at radius 3 is 2.97 bits per heavy atom. The summed E-state index contributed by atoms with van der Waals surface area (Å²) in [7, 11) is 0. The van der Waals surface area contributed by atoms with Gasteiger partial charge in [0.25, 0.3) is 5.91 Å². The van der Waals surface area contributed by atoms with Crippen LogP contribution in [0.25, 0.3) is 11.3 Å². The van der Waals surface area contributed by atoms with E-state index in [0.29, 0.717) is 29.4 Å². The molecule has 1 aliphatic heterocycles. The van der Waals surface area contributed by atoms with Gasteiger partial charge in [-0.15, -0.1) is 0 Å². The highest BCUT2D eigenvalue weighted by molar-refractivity contribution is 6.32. The monoisotopic (exact) mass is 424 g/mol. The van der Waals surface area contributed by atoms with Crippen molar-refractivity contribution in [2.24, 2.45) is 0 Å². The number of nitrogens with zero attached hydrogens (tertiary/aromatic N) is 5. The average molecular weight is 425 g/mol. The molecule has 4 rings (SSSR count). The van der Waals surface area contributed by atoms with E-state index in [0.717, 1.165) is 17.9 Å². The average Bonchev–Trinajstić information content (AvgIpc) is 3.09. The largest absolute Gasteiger partial charge is 0.368 e. The zero-order valence-corrected chi connectivity index (χ0v) is 17.4. The summed E-state index contributed by atoms with van der Waals surface area (Å²) in [6, 6.07) is 8.97. The first-order valence-corrected chi connectivity index (χ1v) is 9.93. The number of halogens is 1. The Morgan fingerprint density at radius 2 is 2.27 bits per heavy atom. The summed E-state index contributed by atoms with van der Waals surface area (Å²) in [6.45, 7) is 5.85. The smallest absolute Gasteiger partial charge is 0.271 e. The highest BCUT2D eigenvalue weighted by atomic mass is 35.5. The minimum absolute atomic E-state index is 0.140. The molecule has 30 heavy (non-hydrogen) atoms. The quantitative estimate of drug-likeness (QED) is 0.587. The van der Waals surface area contributed by atoms with Gasteiger partial charge in [0.05, 0.1) is 42.3 Å². The van der Waals surface area contributed by atoms with E-state index in [1.807, 2.05) is 42.8 Å². The van der Waals surface area contributed by atoms with Gasteiger partial charge in [-0.1, -0.05) is 17.7 Å². The Labute approximate surface area is 179 Å². The van der Waals surface area contributed by atoms with E-state index >= 15 is 0 Å². The summed E-state index contributed by atoms with van der Waals surface area (Å²) in [6.07, 6.45) is 5.22. The molecule has 0 spiro atoms. The first kappa shape index (κ1) is 20.1. The van der Waals surface area contributed by atoms with Crippen molar-refractivity contribution in [1.29, 1.82) is 5.26 Å². The normalized spacial score (nSPS) is 18.6. The van der Waals surface area contributed by atoms with Crippen molar-refractivity contribution in [1.82, 2.24) is 24.6 Å². The number of hydrogen-bond donors (Lipinski definition) is 1. The van der Waals surface area contributed by atoms with Gasteiger partial charge in [-0.05, 0) is 32.0 Å². The number of rotatable bonds is 7. The van der Waals surface area contributed by atoms with Crippen LogP contribution in [-0.4, -0.2) is 43.5 Å². The van der Waals surface area contributed by atoms with Gasteiger partial charge < -0.3 is 14.6 Å². The third-order valence-electron chi connectivity index (χ3n) is 4.88. The molecule has 1 aliphatic rings. The van der Waals surface area contributed by atoms with Gasteiger partial charge in [-0.3, -0.25) is 9.48 Å². The molecule has 0 saturated carbocycles. The molecular weight excluding hydrogens is 404 g/mol. The summed E-state index contributed by atoms with van der Waals surface area (Å²) in [4.78, 5) is 16.7. The number of aromatic nitrogens is 4. The molecule has 3 aromatic rings. The van der Waals surface area contributed by atoms with Gasteiger partial charge in [-0.2, -0.15) is 10.4 Å². The lowest BCUT2D eigenvalue weighted by molar-refractivity contribution is 0.0931. The fraction of sp³-hybridized carbons (Fsp3) is 0.333. The van der Waals surface area contributed by atoms with Crippen molar-refractivity contribution in [3.05, 3.63) is 59.3 Å². The van der Waals surface area contributed by atoms with Gasteiger partial charge in [0, 0.05) is 24.0 Å². The molecule has 0 bridgehead atoms. The number of ether oxygens (including phenoxy) is 1. The van der Waals surface area contributed by atoms with Gasteiger partial charge >= 0.3 is 0 Å². The van der Waals surface area contributed by atoms with Crippen LogP contribution in [0.3, 0.4) is 0 Å². The van der Waals surface area contributed by atoms with E-state index in [2.05, 4.69) is 15.4 Å². The van der Waals surface area contributed by atoms with Crippen LogP contribution in [0.1, 0.15) is 29.9 Å². The highest BCUT2D eigenvalue weighted by Gasteiger charge is 2.39. The van der Waals surface area contributed by atoms with Gasteiger partial charge in [0.1, 0.15) is 17.4 Å². The number of amides is 1. The second-order valence-electron chi connectivity index (χ2n) is 7.77. The molecule has 0 radical (unpaired) electrons. The van der Waals surface area contributed by atoms with Gasteiger partial charge in [0.2, 0.25) is 0 Å². The number of benzene rings is 1. The number of imidazole rings is 1. The maximum Gasteiger partial charge on any atom is 0.271 e. The molecule has 9 heteroatoms. The number of epoxide rings is 1. The van der Waals surface area contributed by atoms with Crippen LogP contribution in [0.2, 0.25) is 5.02 Å². The first-order chi connectivity index (χ1) is 14.3. The third kappa shape index (κ3) is 4.53. The lowest BCUT2D eigenvalue weighted by atomic mass is 10.1. The van der Waals surface area contributed by atoms with Crippen LogP contribution < -0.4 is 5.32 Å². The summed E-state index contributed by atoms with van der Waals surface area (Å²) < 4.78 is 9.00. The molecule has 154 valence electrons. The number of nitrogens with one attached hydrogen (secondary N) is 1. The fourth-order valence-electron chi connectivity index (χ4n) is 3.17. The topological polar surface area (TPSA) is 101 Å². The maximum atomic E-state index is 12.5. The molecule has 1 saturated heterocycles. The minimum Gasteiger partial charge on any atom is -0.368 e. The highest BCUT2D eigenvalue weighted by Crippen LogP contribution is 2.27. The third-order valence-corrected chi connectivity index (χ3v) is 5.20. The minimum atomic E-state index is -0.227. The van der Waals surface area contributed by atoms with Crippen LogP contribution >= 0.6 is 11.6 Å². The Bertz CT molecular complexity index is 1120. The number of carbonyl (C=O) groups is 1. The predicted octanol–water partition coefficient (Wildman–Crippen LogP) is 2.88. The van der Waals surface area contributed by atoms with Crippen molar-refractivity contribution in [2.45, 2.75) is 38.6 Å². The Balaban J connectivity index is 1.35. The first-order valence-electron chi connectivity index (χ1n) is 9.55. The van der Waals surface area contributed by atoms with Crippen LogP contribution in [0, 0.1) is 11.3 Å². The van der Waals surface area contributed by atoms with E-state index < -0.39 is 0 Å². The summed E-state index contributed by atoms with van der Waals surface area (Å²) in [5.74, 6) is -0.227. The summed E-state index contributed by atoms with van der Waals surface area (Å²) in [5.41, 5.74) is 2.23. The van der Waals surface area contributed by atoms with E-state index in [9.17, 15) is 4.79 Å². The molecule has 1 unspecified atom stereocenters. The van der Waals surface area contributed by atoms with Crippen LogP contribution in [0.5, 0.6) is 0 Å². The van der Waals surface area contributed by atoms with Crippen LogP contribution in [0.4, 0.5) is 0 Å². The molecule has 8 nitrogen and oxygen atoms in total. The molecular formula is C21H21ClN6O2. The molecule has 0 aliphatic carbocycles. The predicted molar refractivity (Wildman–Crippen MR) is 111 cm³/mol. The van der Waals surface area contributed by atoms with E-state index in [4.69, 9.17) is 21.6 Å². The van der Waals surface area contributed by atoms with Gasteiger partial charge in [0.15, 0.2) is 0 Å². The van der Waals surface area contributed by atoms with E-state index in [1.54, 1.807) is 29.3 Å². The molecule has 1 fully saturated rings. The lowest BCUT2D eigenvalue weighted by Gasteiger charge is -2.13. The SMILES string of the molecule is C[C@@H](Cn1ccc(-c2ccc(C#N)c(Cl)c2)n1)NC(=O)c1cn(CC2(C)CO2)cn1. The maximum absolute atomic E-state index is 12.5. The summed E-state index contributed by atoms with van der Waals surface area (Å²) in [5, 5.41) is 16.9. The number of nitriles is 1. The molecule has 1 amide bonds. The fourth-order valence-corrected chi connectivity index (χ4v) is 3.39. The Morgan fingerprint density at radius 1 is 1.47 bits per heavy atom. The van der Waals surface area contributed by atoms with Crippen molar-refractivity contribution in [2.75, 3.05) is 6.61 Å². The van der Waals surface area contributed by atoms with Crippen LogP contribution in [-0.2, 0) is 17.8 Å². The molecule has 1 aromatic carbocycles. The van der Waals surface area contributed by atoms with Gasteiger partial charge in [-0.25, -0.2) is 4.98 Å². The summed E-state index contributed by atoms with van der Waals surface area (Å²) >= 11 is 6.11. The zero-order chi connectivity index (χ0) is 21.3. The molecule has 1 N–H and O–H groups in total. The second kappa shape index (κ2) is 7.94. The van der Waals surface area contributed by atoms with Crippen molar-refractivity contribution < 1.29 is 9.53 Å². The molecule has 2 atom stereocenters. The van der Waals surface area contributed by atoms with E-state index in [1.165, 1.54) is 0 Å². The Hall–Kier alpha value is -3.15. The van der Waals surface area contributed by atoms with Crippen molar-refractivity contribution in [3.63, 3.8) is 0 Å². The number of hydrogen-bond acceptors (Lipinski definition) is 5. The lowest BCUT2D eigenvalue weighted by Crippen LogP contribution is -2.36. The zero-order valence-electron chi connectivity index (χ0n) is 16.7.